The summed E-state index contributed by atoms with van der Waals surface area (Å²) in [5.41, 5.74) is -0.118. The minimum absolute atomic E-state index is 0. The van der Waals surface area contributed by atoms with Crippen molar-refractivity contribution in [2.24, 2.45) is 4.99 Å². The third-order valence-electron chi connectivity index (χ3n) is 4.50. The average Bonchev–Trinajstić information content (AvgIpc) is 3.42. The van der Waals surface area contributed by atoms with Gasteiger partial charge in [-0.05, 0) is 49.7 Å². The van der Waals surface area contributed by atoms with Gasteiger partial charge < -0.3 is 20.2 Å². The van der Waals surface area contributed by atoms with Gasteiger partial charge in [0.25, 0.3) is 0 Å². The number of guanidine groups is 1. The van der Waals surface area contributed by atoms with Crippen LogP contribution in [0.2, 0.25) is 5.02 Å². The Kier molecular flexibility index (Phi) is 9.19. The van der Waals surface area contributed by atoms with Crippen molar-refractivity contribution in [2.45, 2.75) is 25.5 Å². The van der Waals surface area contributed by atoms with E-state index in [1.54, 1.807) is 25.3 Å². The fourth-order valence-corrected chi connectivity index (χ4v) is 3.07. The monoisotopic (exact) mass is 543 g/mol. The maximum atomic E-state index is 10.6. The van der Waals surface area contributed by atoms with Crippen molar-refractivity contribution < 1.29 is 9.52 Å². The van der Waals surface area contributed by atoms with Gasteiger partial charge in [-0.2, -0.15) is 5.10 Å². The smallest absolute Gasteiger partial charge is 0.191 e. The van der Waals surface area contributed by atoms with Crippen LogP contribution in [0.4, 0.5) is 0 Å². The number of hydrogen-bond donors (Lipinski definition) is 3. The van der Waals surface area contributed by atoms with Gasteiger partial charge in [0, 0.05) is 30.5 Å². The van der Waals surface area contributed by atoms with Gasteiger partial charge >= 0.3 is 0 Å². The van der Waals surface area contributed by atoms with E-state index in [-0.39, 0.29) is 36.6 Å². The van der Waals surface area contributed by atoms with Crippen LogP contribution in [-0.4, -0.2) is 40.5 Å². The molecule has 2 atom stereocenters. The first-order valence-corrected chi connectivity index (χ1v) is 9.90. The number of furan rings is 1. The Labute approximate surface area is 198 Å². The molecule has 0 saturated carbocycles. The molecule has 3 aromatic rings. The molecule has 0 aliphatic rings. The Bertz CT molecular complexity index is 896. The van der Waals surface area contributed by atoms with Gasteiger partial charge in [0.05, 0.1) is 18.8 Å². The zero-order valence-electron chi connectivity index (χ0n) is 17.0. The van der Waals surface area contributed by atoms with E-state index in [1.807, 2.05) is 48.1 Å². The maximum Gasteiger partial charge on any atom is 0.191 e. The van der Waals surface area contributed by atoms with E-state index in [0.717, 1.165) is 5.56 Å². The molecule has 0 fully saturated rings. The lowest BCUT2D eigenvalue weighted by molar-refractivity contribution is 0.0437. The van der Waals surface area contributed by atoms with Crippen LogP contribution in [0.15, 0.2) is 70.5 Å². The first-order chi connectivity index (χ1) is 14.0. The Morgan fingerprint density at radius 3 is 2.63 bits per heavy atom. The van der Waals surface area contributed by atoms with Gasteiger partial charge in [-0.25, -0.2) is 4.99 Å². The van der Waals surface area contributed by atoms with Gasteiger partial charge in [-0.3, -0.25) is 4.68 Å². The van der Waals surface area contributed by atoms with Crippen molar-refractivity contribution in [1.82, 2.24) is 20.4 Å². The molecule has 3 N–H and O–H groups in total. The number of aliphatic imine (C=N–C) groups is 1. The van der Waals surface area contributed by atoms with Crippen LogP contribution in [-0.2, 0) is 5.60 Å². The van der Waals surface area contributed by atoms with E-state index in [0.29, 0.717) is 29.8 Å². The molecule has 3 rings (SSSR count). The van der Waals surface area contributed by atoms with Crippen LogP contribution in [0.25, 0.3) is 0 Å². The lowest BCUT2D eigenvalue weighted by Gasteiger charge is -2.22. The molecule has 2 heterocycles. The minimum atomic E-state index is -1.19. The van der Waals surface area contributed by atoms with E-state index < -0.39 is 5.60 Å². The van der Waals surface area contributed by atoms with Crippen molar-refractivity contribution in [3.8, 4) is 0 Å². The van der Waals surface area contributed by atoms with Crippen molar-refractivity contribution >= 4 is 41.5 Å². The quantitative estimate of drug-likeness (QED) is 0.229. The number of nitrogens with zero attached hydrogens (tertiary/aromatic N) is 3. The highest BCUT2D eigenvalue weighted by Gasteiger charge is 2.26. The topological polar surface area (TPSA) is 87.6 Å². The third kappa shape index (κ3) is 6.48. The molecule has 1 aromatic carbocycles. The summed E-state index contributed by atoms with van der Waals surface area (Å²) in [5, 5.41) is 22.3. The van der Waals surface area contributed by atoms with Gasteiger partial charge in [0.2, 0.25) is 0 Å². The summed E-state index contributed by atoms with van der Waals surface area (Å²) >= 11 is 6.04. The molecular weight excluding hydrogens is 517 g/mol. The number of benzene rings is 1. The van der Waals surface area contributed by atoms with Crippen molar-refractivity contribution in [1.29, 1.82) is 0 Å². The molecule has 30 heavy (non-hydrogen) atoms. The minimum Gasteiger partial charge on any atom is -0.466 e. The molecular formula is C21H27ClIN5O2. The van der Waals surface area contributed by atoms with Crippen molar-refractivity contribution in [2.75, 3.05) is 19.6 Å². The molecule has 7 nitrogen and oxygen atoms in total. The highest BCUT2D eigenvalue weighted by molar-refractivity contribution is 14.0. The number of nitrogens with one attached hydrogen (secondary N) is 2. The standard InChI is InChI=1S/C21H26ClN5O2.HI/c1-3-23-20(25-15-21(2,28)19-6-4-13-29-19)24-14-18(27-12-5-11-26-27)16-7-9-17(22)10-8-16;/h4-13,18,28H,3,14-15H2,1-2H3,(H2,23,24,25);1H. The fourth-order valence-electron chi connectivity index (χ4n) is 2.95. The molecule has 0 bridgehead atoms. The van der Waals surface area contributed by atoms with Crippen LogP contribution in [0.5, 0.6) is 0 Å². The lowest BCUT2D eigenvalue weighted by Crippen LogP contribution is -2.41. The SMILES string of the molecule is CCNC(=NCC(C)(O)c1ccco1)NCC(c1ccc(Cl)cc1)n1cccn1.I. The predicted octanol–water partition coefficient (Wildman–Crippen LogP) is 3.80. The zero-order valence-corrected chi connectivity index (χ0v) is 20.0. The molecule has 2 unspecified atom stereocenters. The summed E-state index contributed by atoms with van der Waals surface area (Å²) in [6.45, 7) is 5.08. The van der Waals surface area contributed by atoms with E-state index >= 15 is 0 Å². The second-order valence-electron chi connectivity index (χ2n) is 6.88. The fraction of sp³-hybridized carbons (Fsp3) is 0.333. The summed E-state index contributed by atoms with van der Waals surface area (Å²) in [7, 11) is 0. The number of halogens is 2. The summed E-state index contributed by atoms with van der Waals surface area (Å²) < 4.78 is 7.21. The van der Waals surface area contributed by atoms with Gasteiger partial charge in [0.15, 0.2) is 5.96 Å². The molecule has 0 amide bonds. The Morgan fingerprint density at radius 2 is 2.03 bits per heavy atom. The van der Waals surface area contributed by atoms with E-state index in [9.17, 15) is 5.11 Å². The molecule has 9 heteroatoms. The van der Waals surface area contributed by atoms with Crippen LogP contribution < -0.4 is 10.6 Å². The summed E-state index contributed by atoms with van der Waals surface area (Å²) in [6.07, 6.45) is 5.22. The van der Waals surface area contributed by atoms with E-state index in [1.165, 1.54) is 6.26 Å². The molecule has 0 aliphatic heterocycles. The molecule has 0 spiro atoms. The zero-order chi connectivity index (χ0) is 20.7. The van der Waals surface area contributed by atoms with E-state index in [4.69, 9.17) is 16.0 Å². The molecule has 0 saturated heterocycles. The lowest BCUT2D eigenvalue weighted by atomic mass is 10.0. The van der Waals surface area contributed by atoms with Crippen LogP contribution in [0.1, 0.15) is 31.2 Å². The molecule has 2 aromatic heterocycles. The van der Waals surface area contributed by atoms with Crippen LogP contribution in [0.3, 0.4) is 0 Å². The summed E-state index contributed by atoms with van der Waals surface area (Å²) in [4.78, 5) is 4.54. The molecule has 0 radical (unpaired) electrons. The number of hydrogen-bond acceptors (Lipinski definition) is 4. The number of aliphatic hydroxyl groups is 1. The van der Waals surface area contributed by atoms with Gasteiger partial charge in [-0.1, -0.05) is 23.7 Å². The third-order valence-corrected chi connectivity index (χ3v) is 4.76. The van der Waals surface area contributed by atoms with Crippen molar-refractivity contribution in [3.63, 3.8) is 0 Å². The van der Waals surface area contributed by atoms with Gasteiger partial charge in [-0.15, -0.1) is 24.0 Å². The second-order valence-corrected chi connectivity index (χ2v) is 7.32. The number of aromatic nitrogens is 2. The Hall–Kier alpha value is -2.04. The average molecular weight is 544 g/mol. The molecule has 162 valence electrons. The van der Waals surface area contributed by atoms with Gasteiger partial charge in [0.1, 0.15) is 11.4 Å². The van der Waals surface area contributed by atoms with E-state index in [2.05, 4.69) is 20.7 Å². The number of rotatable bonds is 8. The highest BCUT2D eigenvalue weighted by Crippen LogP contribution is 2.21. The maximum absolute atomic E-state index is 10.6. The first kappa shape index (κ1) is 24.2. The first-order valence-electron chi connectivity index (χ1n) is 9.52. The Morgan fingerprint density at radius 1 is 1.27 bits per heavy atom. The second kappa shape index (κ2) is 11.4. The predicted molar refractivity (Wildman–Crippen MR) is 129 cm³/mol. The molecule has 0 aliphatic carbocycles. The Balaban J connectivity index is 0.00000320. The largest absolute Gasteiger partial charge is 0.466 e. The summed E-state index contributed by atoms with van der Waals surface area (Å²) in [5.74, 6) is 1.08. The highest BCUT2D eigenvalue weighted by atomic mass is 127. The summed E-state index contributed by atoms with van der Waals surface area (Å²) in [6, 6.07) is 13.0. The van der Waals surface area contributed by atoms with Crippen molar-refractivity contribution in [3.05, 3.63) is 77.5 Å². The normalized spacial score (nSPS) is 14.5. The van der Waals surface area contributed by atoms with Crippen LogP contribution >= 0.6 is 35.6 Å². The van der Waals surface area contributed by atoms with Crippen LogP contribution in [0, 0.1) is 0 Å².